The molecule has 7 aliphatic rings. The van der Waals surface area contributed by atoms with E-state index in [1.165, 1.54) is 16.0 Å². The van der Waals surface area contributed by atoms with Gasteiger partial charge in [0.25, 0.3) is 0 Å². The minimum Gasteiger partial charge on any atom is -0.497 e. The van der Waals surface area contributed by atoms with Crippen LogP contribution in [0, 0.1) is 41.5 Å². The van der Waals surface area contributed by atoms with Crippen molar-refractivity contribution in [3.8, 4) is 34.5 Å². The number of pyridine rings is 1. The Bertz CT molecular complexity index is 6420. The Balaban J connectivity index is 0.000000145. The Kier molecular flexibility index (Phi) is 29.2. The van der Waals surface area contributed by atoms with Gasteiger partial charge in [0, 0.05) is 163 Å². The standard InChI is InChI=1S/C39H47N9O3.C35H40N6O4.C32H36N8O3/c1-27-7-6-8-28(2)36(27)47-26-31-24-40-38(41-32-11-9-30(10-12-32)25-44-17-15-43(4)16-18-44)42-37(31)48(39(47)50)34-14-13-33(23-35(34)51-5)46-21-19-45(20-22-46)29(3)49;1-22-8-7-9-23(2)32(22)40-21-26-20-36-34(37-28-12-10-25(18-30(28)44-5)24-14-16-39(3)17-15-24)38-33(26)41(35(40)42)29-13-11-27(43-4)19-31(29)45-6;1-21-7-6-8-22(2)29(21)39-20-23-18-34-31(36-30(23)40(32(39)41)28-12-10-25(42-4)19-33-28)35-26-11-9-24(17-27(26)43-5)38-15-13-37(3)14-16-38/h6-14,23-24H,15-22,25-26H2,1-5H3,(H,40,41,42);7-13,18-20,24H,14-17,21H2,1-6H3,(H,36,37,38);6-12,17-19H,13-16,20H2,1-5H3,(H,34,35,36). The van der Waals surface area contributed by atoms with E-state index in [0.717, 1.165) is 186 Å². The SMILES string of the molecule is COc1cc(N2CCN(C(C)=O)CC2)ccc1N1C(=O)N(c2c(C)cccc2C)Cc2cnc(Nc3ccc(CN4CCN(C)CC4)cc3)nc21.COc1ccc(N2C(=O)N(c3c(C)cccc3C)Cc3cnc(Nc4ccc(C5CCN(C)CC5)cc4OC)nc32)c(OC)c1.COc1ccc(N2C(=O)N(c3c(C)cccc3C)Cc3cnc(Nc4ccc(N5CCN(C)CC5)cc4OC)nc32)nc1. The largest absolute Gasteiger partial charge is 0.497 e. The van der Waals surface area contributed by atoms with Crippen LogP contribution in [0.2, 0.25) is 0 Å². The number of fused-ring (bicyclic) bond motifs is 3. The van der Waals surface area contributed by atoms with Crippen molar-refractivity contribution in [3.05, 3.63) is 250 Å². The van der Waals surface area contributed by atoms with E-state index in [2.05, 4.69) is 124 Å². The van der Waals surface area contributed by atoms with Crippen molar-refractivity contribution in [2.45, 2.75) is 93.4 Å². The van der Waals surface area contributed by atoms with Crippen molar-refractivity contribution in [1.29, 1.82) is 0 Å². The predicted octanol–water partition coefficient (Wildman–Crippen LogP) is 17.8. The summed E-state index contributed by atoms with van der Waals surface area (Å²) in [7, 11) is 16.2. The number of carbonyl (C=O) groups is 4. The molecule has 0 bridgehead atoms. The molecule has 0 saturated carbocycles. The first-order valence-corrected chi connectivity index (χ1v) is 47.2. The van der Waals surface area contributed by atoms with Gasteiger partial charge in [-0.15, -0.1) is 0 Å². The number of carbonyl (C=O) groups excluding carboxylic acids is 4. The molecule has 4 aromatic heterocycles. The van der Waals surface area contributed by atoms with Crippen LogP contribution in [-0.2, 0) is 31.0 Å². The highest BCUT2D eigenvalue weighted by atomic mass is 16.5. The van der Waals surface area contributed by atoms with Crippen LogP contribution in [0.1, 0.15) is 86.9 Å². The third-order valence-electron chi connectivity index (χ3n) is 27.0. The summed E-state index contributed by atoms with van der Waals surface area (Å²) in [5.74, 6) is 7.22. The third-order valence-corrected chi connectivity index (χ3v) is 27.0. The number of nitrogens with one attached hydrogen (secondary N) is 3. The molecule has 3 N–H and O–H groups in total. The molecule has 4 saturated heterocycles. The van der Waals surface area contributed by atoms with Gasteiger partial charge in [-0.2, -0.15) is 15.0 Å². The molecule has 0 aliphatic carbocycles. The number of likely N-dealkylation sites (tertiary alicyclic amines) is 1. The average Bonchev–Trinajstić information content (AvgIpc) is 0.801. The van der Waals surface area contributed by atoms with Crippen molar-refractivity contribution in [3.63, 3.8) is 0 Å². The van der Waals surface area contributed by atoms with Gasteiger partial charge in [-0.25, -0.2) is 49.0 Å². The molecule has 7 aliphatic heterocycles. The molecule has 0 atom stereocenters. The van der Waals surface area contributed by atoms with Gasteiger partial charge in [0.05, 0.1) is 108 Å². The van der Waals surface area contributed by atoms with Crippen molar-refractivity contribution < 1.29 is 47.6 Å². The van der Waals surface area contributed by atoms with Crippen molar-refractivity contribution in [2.75, 3.05) is 211 Å². The normalized spacial score (nSPS) is 16.1. The van der Waals surface area contributed by atoms with Crippen LogP contribution in [0.3, 0.4) is 0 Å². The van der Waals surface area contributed by atoms with Crippen LogP contribution in [0.5, 0.6) is 34.5 Å². The molecule has 4 fully saturated rings. The second kappa shape index (κ2) is 42.4. The van der Waals surface area contributed by atoms with Gasteiger partial charge in [0.2, 0.25) is 23.8 Å². The number of aromatic nitrogens is 7. The van der Waals surface area contributed by atoms with Crippen LogP contribution in [-0.4, -0.2) is 239 Å². The summed E-state index contributed by atoms with van der Waals surface area (Å²) >= 11 is 0. The number of piperidine rings is 1. The fourth-order valence-electron chi connectivity index (χ4n) is 19.2. The maximum Gasteiger partial charge on any atom is 0.336 e. The number of likely N-dealkylation sites (N-methyl/N-ethyl adjacent to an activating group) is 2. The topological polar surface area (TPSA) is 292 Å². The zero-order valence-corrected chi connectivity index (χ0v) is 82.1. The number of nitrogens with zero attached hydrogens (tertiary/aromatic N) is 20. The van der Waals surface area contributed by atoms with Gasteiger partial charge in [-0.1, -0.05) is 72.8 Å². The molecule has 0 unspecified atom stereocenters. The van der Waals surface area contributed by atoms with Crippen LogP contribution in [0.4, 0.5) is 112 Å². The number of anilines is 17. The lowest BCUT2D eigenvalue weighted by molar-refractivity contribution is -0.129. The number of hydrogen-bond acceptors (Lipinski definition) is 26. The molecule has 11 heterocycles. The number of ether oxygens (including phenoxy) is 6. The lowest BCUT2D eigenvalue weighted by Gasteiger charge is -2.38. The van der Waals surface area contributed by atoms with E-state index < -0.39 is 0 Å². The van der Waals surface area contributed by atoms with Crippen molar-refractivity contribution >= 4 is 122 Å². The molecule has 139 heavy (non-hydrogen) atoms. The summed E-state index contributed by atoms with van der Waals surface area (Å²) < 4.78 is 34.0. The van der Waals surface area contributed by atoms with Gasteiger partial charge in [0.15, 0.2) is 17.5 Å². The average molecular weight is 1880 g/mol. The van der Waals surface area contributed by atoms with Crippen LogP contribution < -0.4 is 83.6 Å². The van der Waals surface area contributed by atoms with Crippen molar-refractivity contribution in [2.24, 2.45) is 0 Å². The van der Waals surface area contributed by atoms with Crippen LogP contribution in [0.25, 0.3) is 0 Å². The molecule has 8 aromatic carbocycles. The van der Waals surface area contributed by atoms with E-state index in [-0.39, 0.29) is 24.0 Å². The van der Waals surface area contributed by atoms with Gasteiger partial charge < -0.3 is 73.8 Å². The number of para-hydroxylation sites is 3. The molecule has 12 aromatic rings. The van der Waals surface area contributed by atoms with Gasteiger partial charge in [-0.3, -0.25) is 24.4 Å². The Labute approximate surface area is 812 Å². The van der Waals surface area contributed by atoms with E-state index in [0.29, 0.717) is 133 Å². The number of urea groups is 3. The Morgan fingerprint density at radius 3 is 1.24 bits per heavy atom. The fourth-order valence-corrected chi connectivity index (χ4v) is 19.2. The highest BCUT2D eigenvalue weighted by Crippen LogP contribution is 2.48. The van der Waals surface area contributed by atoms with Crippen molar-refractivity contribution in [1.82, 2.24) is 59.4 Å². The maximum absolute atomic E-state index is 14.7. The second-order valence-corrected chi connectivity index (χ2v) is 36.3. The summed E-state index contributed by atoms with van der Waals surface area (Å²) in [6.07, 6.45) is 9.19. The molecule has 0 radical (unpaired) electrons. The highest BCUT2D eigenvalue weighted by Gasteiger charge is 2.42. The summed E-state index contributed by atoms with van der Waals surface area (Å²) in [6, 6.07) is 52.9. The van der Waals surface area contributed by atoms with Gasteiger partial charge in [-0.05, 0) is 212 Å². The number of methoxy groups -OCH3 is 6. The molecule has 722 valence electrons. The Hall–Kier alpha value is -14.9. The quantitative estimate of drug-likeness (QED) is 0.0536. The monoisotopic (exact) mass is 1880 g/mol. The molecule has 33 nitrogen and oxygen atoms in total. The molecular weight excluding hydrogens is 1760 g/mol. The maximum atomic E-state index is 14.7. The molecule has 19 rings (SSSR count). The molecular formula is C106H123N23O10. The van der Waals surface area contributed by atoms with Crippen LogP contribution in [0.15, 0.2) is 189 Å². The van der Waals surface area contributed by atoms with E-state index in [1.54, 1.807) is 117 Å². The minimum atomic E-state index is -0.249. The number of piperazine rings is 3. The first kappa shape index (κ1) is 95.8. The molecule has 7 amide bonds. The Morgan fingerprint density at radius 1 is 0.381 bits per heavy atom. The summed E-state index contributed by atoms with van der Waals surface area (Å²) in [5, 5.41) is 10.0. The zero-order valence-electron chi connectivity index (χ0n) is 82.1. The number of aryl methyl sites for hydroxylation is 6. The summed E-state index contributed by atoms with van der Waals surface area (Å²) in [6.45, 7) is 28.8. The lowest BCUT2D eigenvalue weighted by Crippen LogP contribution is -2.48. The third kappa shape index (κ3) is 20.9. The molecule has 33 heteroatoms. The van der Waals surface area contributed by atoms with E-state index >= 15 is 0 Å². The smallest absolute Gasteiger partial charge is 0.336 e. The predicted molar refractivity (Wildman–Crippen MR) is 547 cm³/mol. The first-order chi connectivity index (χ1) is 67.3. The minimum absolute atomic E-state index is 0.0902. The Morgan fingerprint density at radius 2 is 0.784 bits per heavy atom. The molecule has 0 spiro atoms. The second-order valence-electron chi connectivity index (χ2n) is 36.3. The highest BCUT2D eigenvalue weighted by molar-refractivity contribution is 6.14. The van der Waals surface area contributed by atoms with Gasteiger partial charge >= 0.3 is 18.1 Å². The van der Waals surface area contributed by atoms with Crippen LogP contribution >= 0.6 is 0 Å². The number of hydrogen-bond donors (Lipinski definition) is 3. The lowest BCUT2D eigenvalue weighted by atomic mass is 9.89. The number of rotatable bonds is 23. The van der Waals surface area contributed by atoms with E-state index in [4.69, 9.17) is 48.4 Å². The summed E-state index contributed by atoms with van der Waals surface area (Å²) in [4.78, 5) is 115. The fraction of sp³-hybridized carbons (Fsp3) is 0.349. The van der Waals surface area contributed by atoms with E-state index in [1.807, 2.05) is 150 Å². The zero-order chi connectivity index (χ0) is 97.4. The number of amides is 7. The van der Waals surface area contributed by atoms with E-state index in [9.17, 15) is 19.2 Å². The number of benzene rings is 8. The summed E-state index contributed by atoms with van der Waals surface area (Å²) in [5.41, 5.74) is 19.1. The first-order valence-electron chi connectivity index (χ1n) is 47.2. The van der Waals surface area contributed by atoms with Gasteiger partial charge in [0.1, 0.15) is 40.3 Å².